The van der Waals surface area contributed by atoms with E-state index in [0.29, 0.717) is 25.2 Å². The normalized spacial score (nSPS) is 17.1. The van der Waals surface area contributed by atoms with E-state index in [2.05, 4.69) is 5.10 Å². The lowest BCUT2D eigenvalue weighted by atomic mass is 9.89. The van der Waals surface area contributed by atoms with E-state index in [1.54, 1.807) is 11.1 Å². The molecule has 3 N–H and O–H groups in total. The average Bonchev–Trinajstić information content (AvgIpc) is 2.74. The first kappa shape index (κ1) is 15.0. The van der Waals surface area contributed by atoms with Crippen LogP contribution in [-0.4, -0.2) is 50.9 Å². The summed E-state index contributed by atoms with van der Waals surface area (Å²) in [6, 6.07) is 0. The number of β-amino-alcohol motifs (C(OH)–C–C–N with tert-alkyl or cyclic N) is 1. The molecule has 0 spiro atoms. The molecule has 0 radical (unpaired) electrons. The van der Waals surface area contributed by atoms with Gasteiger partial charge in [0, 0.05) is 12.2 Å². The number of nitrogens with zero attached hydrogens (tertiary/aromatic N) is 3. The minimum atomic E-state index is -0.687. The molecule has 1 amide bonds. The summed E-state index contributed by atoms with van der Waals surface area (Å²) in [4.78, 5) is 14.1. The second-order valence-corrected chi connectivity index (χ2v) is 5.64. The maximum absolute atomic E-state index is 12.4. The van der Waals surface area contributed by atoms with Crippen LogP contribution in [0.2, 0.25) is 0 Å². The van der Waals surface area contributed by atoms with Crippen molar-refractivity contribution in [1.29, 1.82) is 0 Å². The predicted octanol–water partition coefficient (Wildman–Crippen LogP) is 0.527. The second kappa shape index (κ2) is 5.93. The van der Waals surface area contributed by atoms with Gasteiger partial charge in [0.15, 0.2) is 0 Å². The molecule has 112 valence electrons. The van der Waals surface area contributed by atoms with Crippen LogP contribution in [0.5, 0.6) is 0 Å². The van der Waals surface area contributed by atoms with Crippen molar-refractivity contribution in [3.8, 4) is 0 Å². The Morgan fingerprint density at radius 1 is 1.55 bits per heavy atom. The zero-order valence-corrected chi connectivity index (χ0v) is 12.3. The number of hydrogen-bond donors (Lipinski definition) is 2. The van der Waals surface area contributed by atoms with Gasteiger partial charge in [0.25, 0.3) is 5.91 Å². The number of aryl methyl sites for hydroxylation is 1. The molecule has 1 aromatic rings. The highest BCUT2D eigenvalue weighted by molar-refractivity contribution is 5.95. The van der Waals surface area contributed by atoms with Gasteiger partial charge < -0.3 is 15.7 Å². The summed E-state index contributed by atoms with van der Waals surface area (Å²) in [5.41, 5.74) is 6.29. The third-order valence-corrected chi connectivity index (χ3v) is 3.88. The average molecular weight is 280 g/mol. The molecule has 0 bridgehead atoms. The second-order valence-electron chi connectivity index (χ2n) is 5.64. The van der Waals surface area contributed by atoms with Crippen molar-refractivity contribution in [3.63, 3.8) is 0 Å². The maximum atomic E-state index is 12.4. The molecule has 2 rings (SSSR count). The molecule has 1 aliphatic rings. The first-order valence-corrected chi connectivity index (χ1v) is 7.25. The van der Waals surface area contributed by atoms with Gasteiger partial charge in [0.1, 0.15) is 0 Å². The van der Waals surface area contributed by atoms with Crippen molar-refractivity contribution < 1.29 is 9.90 Å². The van der Waals surface area contributed by atoms with Crippen molar-refractivity contribution >= 4 is 5.91 Å². The van der Waals surface area contributed by atoms with E-state index in [1.807, 2.05) is 18.5 Å². The molecule has 1 aliphatic heterocycles. The number of likely N-dealkylation sites (tertiary alicyclic amines) is 1. The van der Waals surface area contributed by atoms with E-state index in [9.17, 15) is 9.90 Å². The van der Waals surface area contributed by atoms with Crippen molar-refractivity contribution in [2.24, 2.45) is 5.73 Å². The van der Waals surface area contributed by atoms with Crippen molar-refractivity contribution in [3.05, 3.63) is 17.5 Å². The summed E-state index contributed by atoms with van der Waals surface area (Å²) in [7, 11) is 0. The number of rotatable bonds is 6. The van der Waals surface area contributed by atoms with Crippen LogP contribution in [0.15, 0.2) is 6.20 Å². The third-order valence-electron chi connectivity index (χ3n) is 3.88. The van der Waals surface area contributed by atoms with E-state index in [1.165, 1.54) is 0 Å². The highest BCUT2D eigenvalue weighted by Gasteiger charge is 2.43. The topological polar surface area (TPSA) is 84.4 Å². The number of aromatic nitrogens is 2. The van der Waals surface area contributed by atoms with Crippen LogP contribution in [0.25, 0.3) is 0 Å². The van der Waals surface area contributed by atoms with Crippen LogP contribution < -0.4 is 5.73 Å². The molecule has 0 aromatic carbocycles. The molecule has 0 saturated carbocycles. The van der Waals surface area contributed by atoms with E-state index in [-0.39, 0.29) is 5.91 Å². The quantitative estimate of drug-likeness (QED) is 0.796. The Morgan fingerprint density at radius 3 is 2.85 bits per heavy atom. The minimum Gasteiger partial charge on any atom is -0.386 e. The molecule has 1 fully saturated rings. The highest BCUT2D eigenvalue weighted by atomic mass is 16.3. The molecule has 1 saturated heterocycles. The molecule has 0 atom stereocenters. The number of aliphatic hydroxyl groups is 1. The van der Waals surface area contributed by atoms with Gasteiger partial charge >= 0.3 is 0 Å². The maximum Gasteiger partial charge on any atom is 0.257 e. The summed E-state index contributed by atoms with van der Waals surface area (Å²) >= 11 is 0. The molecule has 6 heteroatoms. The van der Waals surface area contributed by atoms with Crippen LogP contribution >= 0.6 is 0 Å². The molecule has 20 heavy (non-hydrogen) atoms. The number of hydrogen-bond acceptors (Lipinski definition) is 4. The first-order valence-electron chi connectivity index (χ1n) is 7.25. The lowest BCUT2D eigenvalue weighted by Gasteiger charge is -2.46. The van der Waals surface area contributed by atoms with E-state index in [0.717, 1.165) is 31.5 Å². The Labute approximate surface area is 119 Å². The van der Waals surface area contributed by atoms with Crippen LogP contribution in [0.4, 0.5) is 0 Å². The third kappa shape index (κ3) is 2.86. The standard InChI is InChI=1S/C14H24N4O2/c1-3-5-14(20)9-17(10-14)13(19)12-8-16-18(11(12)2)7-4-6-15/h8,20H,3-7,9-10,15H2,1-2H3. The number of carbonyl (C=O) groups excluding carboxylic acids is 1. The monoisotopic (exact) mass is 280 g/mol. The lowest BCUT2D eigenvalue weighted by molar-refractivity contribution is -0.0860. The Kier molecular flexibility index (Phi) is 4.45. The first-order chi connectivity index (χ1) is 9.50. The summed E-state index contributed by atoms with van der Waals surface area (Å²) in [6.07, 6.45) is 4.13. The Hall–Kier alpha value is -1.40. The van der Waals surface area contributed by atoms with Gasteiger partial charge in [-0.15, -0.1) is 0 Å². The zero-order chi connectivity index (χ0) is 14.8. The number of nitrogens with two attached hydrogens (primary N) is 1. The Balaban J connectivity index is 1.99. The Bertz CT molecular complexity index is 478. The van der Waals surface area contributed by atoms with Crippen LogP contribution in [0.1, 0.15) is 42.2 Å². The van der Waals surface area contributed by atoms with Gasteiger partial charge in [-0.2, -0.15) is 5.10 Å². The fraction of sp³-hybridized carbons (Fsp3) is 0.714. The van der Waals surface area contributed by atoms with Gasteiger partial charge in [-0.25, -0.2) is 0 Å². The number of carbonyl (C=O) groups is 1. The smallest absolute Gasteiger partial charge is 0.257 e. The van der Waals surface area contributed by atoms with Gasteiger partial charge in [-0.1, -0.05) is 13.3 Å². The summed E-state index contributed by atoms with van der Waals surface area (Å²) in [5, 5.41) is 14.4. The van der Waals surface area contributed by atoms with E-state index >= 15 is 0 Å². The fourth-order valence-corrected chi connectivity index (χ4v) is 2.72. The van der Waals surface area contributed by atoms with Crippen molar-refractivity contribution in [2.75, 3.05) is 19.6 Å². The molecule has 0 unspecified atom stereocenters. The van der Waals surface area contributed by atoms with Crippen molar-refractivity contribution in [1.82, 2.24) is 14.7 Å². The predicted molar refractivity (Wildman–Crippen MR) is 76.4 cm³/mol. The van der Waals surface area contributed by atoms with E-state index in [4.69, 9.17) is 5.73 Å². The molecule has 2 heterocycles. The molecule has 1 aromatic heterocycles. The van der Waals surface area contributed by atoms with Gasteiger partial charge in [0.2, 0.25) is 0 Å². The van der Waals surface area contributed by atoms with Gasteiger partial charge in [-0.05, 0) is 26.3 Å². The molecular weight excluding hydrogens is 256 g/mol. The highest BCUT2D eigenvalue weighted by Crippen LogP contribution is 2.27. The van der Waals surface area contributed by atoms with Gasteiger partial charge in [-0.3, -0.25) is 9.48 Å². The fourth-order valence-electron chi connectivity index (χ4n) is 2.72. The Morgan fingerprint density at radius 2 is 2.25 bits per heavy atom. The number of amides is 1. The largest absolute Gasteiger partial charge is 0.386 e. The van der Waals surface area contributed by atoms with Crippen LogP contribution in [0.3, 0.4) is 0 Å². The van der Waals surface area contributed by atoms with Gasteiger partial charge in [0.05, 0.1) is 30.5 Å². The summed E-state index contributed by atoms with van der Waals surface area (Å²) < 4.78 is 1.82. The van der Waals surface area contributed by atoms with E-state index < -0.39 is 5.60 Å². The molecule has 0 aliphatic carbocycles. The summed E-state index contributed by atoms with van der Waals surface area (Å²) in [6.45, 7) is 6.12. The lowest BCUT2D eigenvalue weighted by Crippen LogP contribution is -2.63. The zero-order valence-electron chi connectivity index (χ0n) is 12.3. The molecular formula is C14H24N4O2. The van der Waals surface area contributed by atoms with Crippen LogP contribution in [-0.2, 0) is 6.54 Å². The van der Waals surface area contributed by atoms with Crippen molar-refractivity contribution in [2.45, 2.75) is 45.3 Å². The minimum absolute atomic E-state index is 0.0396. The SMILES string of the molecule is CCCC1(O)CN(C(=O)c2cnn(CCCN)c2C)C1. The summed E-state index contributed by atoms with van der Waals surface area (Å²) in [5.74, 6) is -0.0396. The van der Waals surface area contributed by atoms with Crippen LogP contribution in [0, 0.1) is 6.92 Å². The molecule has 6 nitrogen and oxygen atoms in total.